The number of thioether (sulfide) groups is 1. The van der Waals surface area contributed by atoms with E-state index in [2.05, 4.69) is 19.2 Å². The minimum absolute atomic E-state index is 0.131. The lowest BCUT2D eigenvalue weighted by Crippen LogP contribution is -2.30. The summed E-state index contributed by atoms with van der Waals surface area (Å²) in [4.78, 5) is 25.3. The molecule has 2 rings (SSSR count). The summed E-state index contributed by atoms with van der Waals surface area (Å²) < 4.78 is 10.4. The largest absolute Gasteiger partial charge is 0.497 e. The van der Waals surface area contributed by atoms with Crippen LogP contribution in [0.5, 0.6) is 5.75 Å². The number of nitrogens with one attached hydrogen (secondary N) is 1. The number of anilines is 1. The molecule has 0 aliphatic carbocycles. The van der Waals surface area contributed by atoms with E-state index in [1.54, 1.807) is 14.0 Å². The van der Waals surface area contributed by atoms with Crippen molar-refractivity contribution in [3.05, 3.63) is 54.1 Å². The van der Waals surface area contributed by atoms with E-state index in [9.17, 15) is 9.59 Å². The minimum Gasteiger partial charge on any atom is -0.497 e. The summed E-state index contributed by atoms with van der Waals surface area (Å²) in [6.07, 6.45) is -0.866. The van der Waals surface area contributed by atoms with E-state index in [1.165, 1.54) is 11.8 Å². The highest BCUT2D eigenvalue weighted by Crippen LogP contribution is 2.24. The number of rotatable bonds is 8. The number of para-hydroxylation sites is 1. The molecule has 0 fully saturated rings. The maximum atomic E-state index is 12.4. The highest BCUT2D eigenvalue weighted by molar-refractivity contribution is 8.00. The summed E-state index contributed by atoms with van der Waals surface area (Å²) in [7, 11) is 1.60. The van der Waals surface area contributed by atoms with Crippen molar-refractivity contribution in [1.82, 2.24) is 0 Å². The zero-order chi connectivity index (χ0) is 19.8. The van der Waals surface area contributed by atoms with Gasteiger partial charge < -0.3 is 14.8 Å². The standard InChI is InChI=1S/C21H25NO4S/c1-14(2)18-7-5-6-8-19(18)22-21(24)15(3)26-20(23)13-27-17-11-9-16(25-4)10-12-17/h5-12,14-15H,13H2,1-4H3,(H,22,24)/t15-/m1/s1. The van der Waals surface area contributed by atoms with Crippen LogP contribution in [0.25, 0.3) is 0 Å². The lowest BCUT2D eigenvalue weighted by atomic mass is 10.0. The summed E-state index contributed by atoms with van der Waals surface area (Å²) in [6, 6.07) is 15.0. The molecule has 1 N–H and O–H groups in total. The van der Waals surface area contributed by atoms with Gasteiger partial charge in [0.2, 0.25) is 0 Å². The third kappa shape index (κ3) is 6.32. The van der Waals surface area contributed by atoms with Gasteiger partial charge >= 0.3 is 5.97 Å². The van der Waals surface area contributed by atoms with Gasteiger partial charge in [-0.25, -0.2) is 0 Å². The fourth-order valence-corrected chi connectivity index (χ4v) is 3.13. The lowest BCUT2D eigenvalue weighted by Gasteiger charge is -2.17. The fourth-order valence-electron chi connectivity index (χ4n) is 2.45. The zero-order valence-corrected chi connectivity index (χ0v) is 16.8. The van der Waals surface area contributed by atoms with Crippen LogP contribution in [0.1, 0.15) is 32.3 Å². The van der Waals surface area contributed by atoms with Crippen LogP contribution in [0.2, 0.25) is 0 Å². The Bertz CT molecular complexity index is 774. The van der Waals surface area contributed by atoms with Gasteiger partial charge in [0.05, 0.1) is 12.9 Å². The smallest absolute Gasteiger partial charge is 0.317 e. The Hall–Kier alpha value is -2.47. The van der Waals surface area contributed by atoms with Crippen LogP contribution < -0.4 is 10.1 Å². The molecule has 5 nitrogen and oxygen atoms in total. The second kappa shape index (κ2) is 10.0. The number of amides is 1. The molecule has 144 valence electrons. The first kappa shape index (κ1) is 20.8. The summed E-state index contributed by atoms with van der Waals surface area (Å²) in [6.45, 7) is 5.69. The summed E-state index contributed by atoms with van der Waals surface area (Å²) >= 11 is 1.35. The molecule has 0 aliphatic rings. The van der Waals surface area contributed by atoms with Crippen molar-refractivity contribution >= 4 is 29.3 Å². The third-order valence-corrected chi connectivity index (χ3v) is 4.92. The molecule has 0 radical (unpaired) electrons. The van der Waals surface area contributed by atoms with E-state index in [0.29, 0.717) is 0 Å². The van der Waals surface area contributed by atoms with Gasteiger partial charge in [-0.3, -0.25) is 9.59 Å². The van der Waals surface area contributed by atoms with Crippen LogP contribution in [0.15, 0.2) is 53.4 Å². The normalized spacial score (nSPS) is 11.7. The zero-order valence-electron chi connectivity index (χ0n) is 16.0. The molecule has 0 aromatic heterocycles. The monoisotopic (exact) mass is 387 g/mol. The molecule has 0 saturated carbocycles. The molecule has 1 amide bonds. The predicted molar refractivity (Wildman–Crippen MR) is 108 cm³/mol. The molecule has 0 spiro atoms. The number of carbonyl (C=O) groups excluding carboxylic acids is 2. The average molecular weight is 388 g/mol. The van der Waals surface area contributed by atoms with Crippen molar-refractivity contribution in [3.8, 4) is 5.75 Å². The quantitative estimate of drug-likeness (QED) is 0.534. The summed E-state index contributed by atoms with van der Waals surface area (Å²) in [5.74, 6) is 0.391. The van der Waals surface area contributed by atoms with Crippen LogP contribution in [0.3, 0.4) is 0 Å². The van der Waals surface area contributed by atoms with Gasteiger partial charge in [0.15, 0.2) is 6.10 Å². The van der Waals surface area contributed by atoms with Crippen LogP contribution in [0.4, 0.5) is 5.69 Å². The van der Waals surface area contributed by atoms with Gasteiger partial charge in [0, 0.05) is 10.6 Å². The maximum Gasteiger partial charge on any atom is 0.317 e. The van der Waals surface area contributed by atoms with E-state index in [1.807, 2.05) is 48.5 Å². The molecule has 1 atom stereocenters. The number of hydrogen-bond acceptors (Lipinski definition) is 5. The molecule has 0 bridgehead atoms. The van der Waals surface area contributed by atoms with Gasteiger partial charge in [0.1, 0.15) is 5.75 Å². The molecule has 0 aliphatic heterocycles. The second-order valence-electron chi connectivity index (χ2n) is 6.33. The predicted octanol–water partition coefficient (Wildman–Crippen LogP) is 4.48. The van der Waals surface area contributed by atoms with E-state index in [-0.39, 0.29) is 17.6 Å². The Morgan fingerprint density at radius 2 is 1.70 bits per heavy atom. The van der Waals surface area contributed by atoms with Crippen molar-refractivity contribution < 1.29 is 19.1 Å². The van der Waals surface area contributed by atoms with Crippen molar-refractivity contribution in [2.24, 2.45) is 0 Å². The number of hydrogen-bond donors (Lipinski definition) is 1. The molecular weight excluding hydrogens is 362 g/mol. The topological polar surface area (TPSA) is 64.6 Å². The third-order valence-electron chi connectivity index (χ3n) is 3.93. The minimum atomic E-state index is -0.866. The second-order valence-corrected chi connectivity index (χ2v) is 7.38. The summed E-state index contributed by atoms with van der Waals surface area (Å²) in [5.41, 5.74) is 1.78. The van der Waals surface area contributed by atoms with Gasteiger partial charge in [0.25, 0.3) is 5.91 Å². The molecule has 0 heterocycles. The van der Waals surface area contributed by atoms with Crippen LogP contribution in [-0.4, -0.2) is 30.8 Å². The molecule has 0 unspecified atom stereocenters. The van der Waals surface area contributed by atoms with Crippen molar-refractivity contribution in [2.75, 3.05) is 18.2 Å². The van der Waals surface area contributed by atoms with Gasteiger partial charge in [-0.05, 0) is 48.7 Å². The Kier molecular flexibility index (Phi) is 7.73. The Morgan fingerprint density at radius 1 is 1.04 bits per heavy atom. The van der Waals surface area contributed by atoms with E-state index in [4.69, 9.17) is 9.47 Å². The van der Waals surface area contributed by atoms with Crippen LogP contribution in [-0.2, 0) is 14.3 Å². The first-order chi connectivity index (χ1) is 12.9. The van der Waals surface area contributed by atoms with Crippen molar-refractivity contribution in [1.29, 1.82) is 0 Å². The highest BCUT2D eigenvalue weighted by Gasteiger charge is 2.19. The lowest BCUT2D eigenvalue weighted by molar-refractivity contribution is -0.150. The van der Waals surface area contributed by atoms with Crippen molar-refractivity contribution in [2.45, 2.75) is 37.7 Å². The fraction of sp³-hybridized carbons (Fsp3) is 0.333. The molecule has 2 aromatic rings. The molecule has 0 saturated heterocycles. The first-order valence-corrected chi connectivity index (χ1v) is 9.75. The van der Waals surface area contributed by atoms with Crippen LogP contribution in [0, 0.1) is 0 Å². The Balaban J connectivity index is 1.85. The number of carbonyl (C=O) groups is 2. The van der Waals surface area contributed by atoms with Crippen molar-refractivity contribution in [3.63, 3.8) is 0 Å². The first-order valence-electron chi connectivity index (χ1n) is 8.76. The SMILES string of the molecule is COc1ccc(SCC(=O)O[C@H](C)C(=O)Nc2ccccc2C(C)C)cc1. The molecule has 2 aromatic carbocycles. The number of esters is 1. The molecule has 6 heteroatoms. The van der Waals surface area contributed by atoms with Crippen LogP contribution >= 0.6 is 11.8 Å². The van der Waals surface area contributed by atoms with Gasteiger partial charge in [-0.1, -0.05) is 32.0 Å². The highest BCUT2D eigenvalue weighted by atomic mass is 32.2. The van der Waals surface area contributed by atoms with Gasteiger partial charge in [-0.2, -0.15) is 0 Å². The average Bonchev–Trinajstić information content (AvgIpc) is 2.67. The van der Waals surface area contributed by atoms with Gasteiger partial charge in [-0.15, -0.1) is 11.8 Å². The van der Waals surface area contributed by atoms with E-state index in [0.717, 1.165) is 21.9 Å². The molecular formula is C21H25NO4S. The molecule has 27 heavy (non-hydrogen) atoms. The van der Waals surface area contributed by atoms with E-state index < -0.39 is 12.1 Å². The Morgan fingerprint density at radius 3 is 2.33 bits per heavy atom. The maximum absolute atomic E-state index is 12.4. The summed E-state index contributed by atoms with van der Waals surface area (Å²) in [5, 5.41) is 2.85. The number of ether oxygens (including phenoxy) is 2. The van der Waals surface area contributed by atoms with E-state index >= 15 is 0 Å². The number of benzene rings is 2. The Labute approximate surface area is 164 Å². The number of methoxy groups -OCH3 is 1.